The lowest BCUT2D eigenvalue weighted by Gasteiger charge is -2.32. The minimum absolute atomic E-state index is 0.0472. The zero-order chi connectivity index (χ0) is 17.8. The normalized spacial score (nSPS) is 21.2. The lowest BCUT2D eigenvalue weighted by molar-refractivity contribution is -0.135. The van der Waals surface area contributed by atoms with Crippen LogP contribution in [0.3, 0.4) is 0 Å². The molecular weight excluding hydrogens is 318 g/mol. The number of carbonyl (C=O) groups excluding carboxylic acids is 3. The number of urea groups is 1. The van der Waals surface area contributed by atoms with Gasteiger partial charge in [-0.15, -0.1) is 0 Å². The summed E-state index contributed by atoms with van der Waals surface area (Å²) in [4.78, 5) is 36.8. The van der Waals surface area contributed by atoms with Gasteiger partial charge in [0.2, 0.25) is 5.91 Å². The van der Waals surface area contributed by atoms with E-state index < -0.39 is 18.0 Å². The molecule has 2 aliphatic heterocycles. The summed E-state index contributed by atoms with van der Waals surface area (Å²) in [7, 11) is 0. The molecule has 0 aliphatic carbocycles. The third kappa shape index (κ3) is 4.59. The van der Waals surface area contributed by atoms with Gasteiger partial charge < -0.3 is 10.2 Å². The van der Waals surface area contributed by atoms with E-state index in [1.165, 1.54) is 11.1 Å². The Kier molecular flexibility index (Phi) is 5.36. The van der Waals surface area contributed by atoms with Crippen molar-refractivity contribution in [2.75, 3.05) is 13.1 Å². The molecule has 2 heterocycles. The average Bonchev–Trinajstić information content (AvgIpc) is 2.92. The summed E-state index contributed by atoms with van der Waals surface area (Å²) in [6.45, 7) is 3.57. The Labute approximate surface area is 148 Å². The summed E-state index contributed by atoms with van der Waals surface area (Å²) in [5, 5.41) is 4.64. The first kappa shape index (κ1) is 17.5. The van der Waals surface area contributed by atoms with Gasteiger partial charge in [0.1, 0.15) is 6.04 Å². The van der Waals surface area contributed by atoms with Gasteiger partial charge in [0.15, 0.2) is 0 Å². The van der Waals surface area contributed by atoms with Crippen LogP contribution in [0.5, 0.6) is 0 Å². The SMILES string of the molecule is Cc1ccc(CCC2CCN(C(=O)CC3NC(=O)NC3=O)CC2)cc1. The van der Waals surface area contributed by atoms with Gasteiger partial charge in [0.25, 0.3) is 5.91 Å². The van der Waals surface area contributed by atoms with Crippen LogP contribution >= 0.6 is 0 Å². The third-order valence-electron chi connectivity index (χ3n) is 5.17. The molecule has 0 spiro atoms. The largest absolute Gasteiger partial charge is 0.343 e. The maximum Gasteiger partial charge on any atom is 0.322 e. The molecule has 3 rings (SSSR count). The fraction of sp³-hybridized carbons (Fsp3) is 0.526. The number of aryl methyl sites for hydroxylation is 2. The van der Waals surface area contributed by atoms with Crippen LogP contribution in [-0.4, -0.2) is 41.9 Å². The summed E-state index contributed by atoms with van der Waals surface area (Å²) in [5.74, 6) is 0.172. The second-order valence-corrected chi connectivity index (χ2v) is 7.07. The molecule has 1 unspecified atom stereocenters. The fourth-order valence-corrected chi connectivity index (χ4v) is 3.50. The maximum absolute atomic E-state index is 12.3. The molecule has 6 heteroatoms. The van der Waals surface area contributed by atoms with Crippen molar-refractivity contribution in [1.29, 1.82) is 0 Å². The van der Waals surface area contributed by atoms with Crippen molar-refractivity contribution in [1.82, 2.24) is 15.5 Å². The number of likely N-dealkylation sites (tertiary alicyclic amines) is 1. The number of rotatable bonds is 5. The number of hydrogen-bond acceptors (Lipinski definition) is 3. The van der Waals surface area contributed by atoms with E-state index in [-0.39, 0.29) is 12.3 Å². The Balaban J connectivity index is 1.40. The minimum atomic E-state index is -0.723. The fourth-order valence-electron chi connectivity index (χ4n) is 3.50. The standard InChI is InChI=1S/C19H25N3O3/c1-13-2-4-14(5-3-13)6-7-15-8-10-22(11-9-15)17(23)12-16-18(24)21-19(25)20-16/h2-5,15-16H,6-12H2,1H3,(H2,20,21,24,25). The zero-order valence-corrected chi connectivity index (χ0v) is 14.6. The van der Waals surface area contributed by atoms with Crippen LogP contribution < -0.4 is 10.6 Å². The first-order valence-electron chi connectivity index (χ1n) is 8.96. The smallest absolute Gasteiger partial charge is 0.322 e. The van der Waals surface area contributed by atoms with Crippen molar-refractivity contribution < 1.29 is 14.4 Å². The van der Waals surface area contributed by atoms with Gasteiger partial charge in [-0.2, -0.15) is 0 Å². The quantitative estimate of drug-likeness (QED) is 0.800. The second-order valence-electron chi connectivity index (χ2n) is 7.07. The van der Waals surface area contributed by atoms with Crippen molar-refractivity contribution in [3.05, 3.63) is 35.4 Å². The van der Waals surface area contributed by atoms with Gasteiger partial charge in [-0.3, -0.25) is 14.9 Å². The molecule has 134 valence electrons. The number of imide groups is 1. The van der Waals surface area contributed by atoms with E-state index in [0.29, 0.717) is 5.92 Å². The van der Waals surface area contributed by atoms with Gasteiger partial charge in [-0.1, -0.05) is 29.8 Å². The topological polar surface area (TPSA) is 78.5 Å². The monoisotopic (exact) mass is 343 g/mol. The molecule has 1 atom stereocenters. The molecule has 25 heavy (non-hydrogen) atoms. The lowest BCUT2D eigenvalue weighted by atomic mass is 9.90. The van der Waals surface area contributed by atoms with Crippen molar-refractivity contribution in [3.63, 3.8) is 0 Å². The summed E-state index contributed by atoms with van der Waals surface area (Å²) in [6.07, 6.45) is 4.27. The Morgan fingerprint density at radius 3 is 2.44 bits per heavy atom. The average molecular weight is 343 g/mol. The molecule has 2 saturated heterocycles. The van der Waals surface area contributed by atoms with Crippen molar-refractivity contribution in [2.45, 2.75) is 45.1 Å². The van der Waals surface area contributed by atoms with E-state index >= 15 is 0 Å². The van der Waals surface area contributed by atoms with E-state index in [4.69, 9.17) is 0 Å². The van der Waals surface area contributed by atoms with Crippen LogP contribution in [0.25, 0.3) is 0 Å². The highest BCUT2D eigenvalue weighted by molar-refractivity contribution is 6.05. The number of nitrogens with one attached hydrogen (secondary N) is 2. The van der Waals surface area contributed by atoms with Gasteiger partial charge in [0, 0.05) is 13.1 Å². The Hall–Kier alpha value is -2.37. The molecule has 2 aliphatic rings. The highest BCUT2D eigenvalue weighted by atomic mass is 16.2. The van der Waals surface area contributed by atoms with Gasteiger partial charge in [0.05, 0.1) is 6.42 Å². The molecule has 4 amide bonds. The van der Waals surface area contributed by atoms with Crippen molar-refractivity contribution in [2.24, 2.45) is 5.92 Å². The van der Waals surface area contributed by atoms with Crippen LogP contribution in [0.15, 0.2) is 24.3 Å². The number of piperidine rings is 1. The number of nitrogens with zero attached hydrogens (tertiary/aromatic N) is 1. The van der Waals surface area contributed by atoms with Gasteiger partial charge >= 0.3 is 6.03 Å². The van der Waals surface area contributed by atoms with E-state index in [1.54, 1.807) is 0 Å². The predicted octanol–water partition coefficient (Wildman–Crippen LogP) is 1.76. The molecule has 1 aromatic rings. The highest BCUT2D eigenvalue weighted by Gasteiger charge is 2.33. The third-order valence-corrected chi connectivity index (χ3v) is 5.17. The molecule has 0 radical (unpaired) electrons. The minimum Gasteiger partial charge on any atom is -0.343 e. The Morgan fingerprint density at radius 2 is 1.84 bits per heavy atom. The molecule has 0 saturated carbocycles. The Bertz CT molecular complexity index is 648. The molecule has 1 aromatic carbocycles. The number of amides is 4. The molecule has 0 bridgehead atoms. The van der Waals surface area contributed by atoms with Crippen LogP contribution in [0.2, 0.25) is 0 Å². The summed E-state index contributed by atoms with van der Waals surface area (Å²) in [5.41, 5.74) is 2.65. The highest BCUT2D eigenvalue weighted by Crippen LogP contribution is 2.23. The van der Waals surface area contributed by atoms with Crippen LogP contribution in [0, 0.1) is 12.8 Å². The second kappa shape index (κ2) is 7.68. The zero-order valence-electron chi connectivity index (χ0n) is 14.6. The van der Waals surface area contributed by atoms with Gasteiger partial charge in [-0.05, 0) is 44.1 Å². The molecule has 2 fully saturated rings. The molecule has 0 aromatic heterocycles. The maximum atomic E-state index is 12.3. The van der Waals surface area contributed by atoms with E-state index in [1.807, 2.05) is 4.90 Å². The van der Waals surface area contributed by atoms with E-state index in [9.17, 15) is 14.4 Å². The van der Waals surface area contributed by atoms with Crippen LogP contribution in [-0.2, 0) is 16.0 Å². The van der Waals surface area contributed by atoms with Crippen molar-refractivity contribution in [3.8, 4) is 0 Å². The van der Waals surface area contributed by atoms with Gasteiger partial charge in [-0.25, -0.2) is 4.79 Å². The summed E-state index contributed by atoms with van der Waals surface area (Å²) in [6, 6.07) is 7.43. The number of benzene rings is 1. The number of hydrogen-bond donors (Lipinski definition) is 2. The first-order valence-corrected chi connectivity index (χ1v) is 8.96. The molecular formula is C19H25N3O3. The van der Waals surface area contributed by atoms with Crippen molar-refractivity contribution >= 4 is 17.8 Å². The molecule has 2 N–H and O–H groups in total. The Morgan fingerprint density at radius 1 is 1.16 bits per heavy atom. The van der Waals surface area contributed by atoms with E-state index in [2.05, 4.69) is 41.8 Å². The van der Waals surface area contributed by atoms with E-state index in [0.717, 1.165) is 38.8 Å². The van der Waals surface area contributed by atoms with Crippen LogP contribution in [0.4, 0.5) is 4.79 Å². The first-order chi connectivity index (χ1) is 12.0. The lowest BCUT2D eigenvalue weighted by Crippen LogP contribution is -2.42. The predicted molar refractivity (Wildman–Crippen MR) is 93.9 cm³/mol. The summed E-state index contributed by atoms with van der Waals surface area (Å²) >= 11 is 0. The van der Waals surface area contributed by atoms with Crippen LogP contribution in [0.1, 0.15) is 36.8 Å². The molecule has 6 nitrogen and oxygen atoms in total. The number of carbonyl (C=O) groups is 3. The summed E-state index contributed by atoms with van der Waals surface area (Å²) < 4.78 is 0.